The molecule has 0 aliphatic rings. The van der Waals surface area contributed by atoms with Crippen molar-refractivity contribution in [2.24, 2.45) is 0 Å². The van der Waals surface area contributed by atoms with Crippen molar-refractivity contribution < 1.29 is 9.90 Å². The Morgan fingerprint density at radius 1 is 1.33 bits per heavy atom. The lowest BCUT2D eigenvalue weighted by atomic mass is 10.0. The van der Waals surface area contributed by atoms with Gasteiger partial charge in [-0.1, -0.05) is 29.8 Å². The van der Waals surface area contributed by atoms with Crippen molar-refractivity contribution in [2.45, 2.75) is 6.92 Å². The van der Waals surface area contributed by atoms with Crippen molar-refractivity contribution in [1.29, 1.82) is 5.26 Å². The molecule has 0 atom stereocenters. The van der Waals surface area contributed by atoms with Crippen LogP contribution in [0.3, 0.4) is 0 Å². The Hall–Kier alpha value is -2.67. The third kappa shape index (κ3) is 2.20. The molecule has 0 saturated carbocycles. The monoisotopic (exact) mass is 238 g/mol. The number of nitrogens with zero attached hydrogens (tertiary/aromatic N) is 2. The molecule has 18 heavy (non-hydrogen) atoms. The Morgan fingerprint density at radius 2 is 2.00 bits per heavy atom. The molecule has 0 saturated heterocycles. The number of pyridine rings is 1. The van der Waals surface area contributed by atoms with Gasteiger partial charge in [0.1, 0.15) is 6.07 Å². The highest BCUT2D eigenvalue weighted by molar-refractivity contribution is 5.91. The molecule has 88 valence electrons. The van der Waals surface area contributed by atoms with Gasteiger partial charge in [0, 0.05) is 11.8 Å². The summed E-state index contributed by atoms with van der Waals surface area (Å²) in [5, 5.41) is 17.8. The maximum atomic E-state index is 11.0. The first kappa shape index (κ1) is 11.8. The summed E-state index contributed by atoms with van der Waals surface area (Å²) in [7, 11) is 0. The molecule has 4 heteroatoms. The van der Waals surface area contributed by atoms with Gasteiger partial charge in [-0.25, -0.2) is 4.79 Å². The minimum absolute atomic E-state index is 0.0249. The van der Waals surface area contributed by atoms with Crippen LogP contribution in [0.15, 0.2) is 36.5 Å². The second-order valence-corrected chi connectivity index (χ2v) is 3.90. The van der Waals surface area contributed by atoms with E-state index in [1.165, 1.54) is 12.3 Å². The average Bonchev–Trinajstić information content (AvgIpc) is 2.39. The van der Waals surface area contributed by atoms with Crippen molar-refractivity contribution >= 4 is 5.97 Å². The van der Waals surface area contributed by atoms with E-state index >= 15 is 0 Å². The molecule has 1 N–H and O–H groups in total. The van der Waals surface area contributed by atoms with Crippen molar-refractivity contribution in [2.75, 3.05) is 0 Å². The Kier molecular flexibility index (Phi) is 3.07. The van der Waals surface area contributed by atoms with E-state index in [4.69, 9.17) is 10.4 Å². The lowest BCUT2D eigenvalue weighted by Crippen LogP contribution is -2.01. The van der Waals surface area contributed by atoms with Gasteiger partial charge in [-0.15, -0.1) is 0 Å². The Bertz CT molecular complexity index is 640. The maximum absolute atomic E-state index is 11.0. The van der Waals surface area contributed by atoms with Gasteiger partial charge in [0.2, 0.25) is 0 Å². The molecule has 0 aliphatic heterocycles. The van der Waals surface area contributed by atoms with Crippen LogP contribution in [0.5, 0.6) is 0 Å². The Labute approximate surface area is 104 Å². The number of aromatic carboxylic acids is 1. The van der Waals surface area contributed by atoms with Crippen molar-refractivity contribution in [3.63, 3.8) is 0 Å². The number of rotatable bonds is 2. The SMILES string of the molecule is Cc1ccc(-c2cc(C(=O)O)c(C#N)cn2)cc1. The van der Waals surface area contributed by atoms with E-state index < -0.39 is 5.97 Å². The molecular weight excluding hydrogens is 228 g/mol. The number of hydrogen-bond acceptors (Lipinski definition) is 3. The predicted molar refractivity (Wildman–Crippen MR) is 66.1 cm³/mol. The summed E-state index contributed by atoms with van der Waals surface area (Å²) >= 11 is 0. The topological polar surface area (TPSA) is 74.0 Å². The van der Waals surface area contributed by atoms with E-state index in [-0.39, 0.29) is 11.1 Å². The maximum Gasteiger partial charge on any atom is 0.337 e. The standard InChI is InChI=1S/C14H10N2O2/c1-9-2-4-10(5-3-9)13-6-12(14(17)18)11(7-15)8-16-13/h2-6,8H,1H3,(H,17,18). The second kappa shape index (κ2) is 4.68. The van der Waals surface area contributed by atoms with Crippen molar-refractivity contribution in [3.8, 4) is 17.3 Å². The number of nitriles is 1. The lowest BCUT2D eigenvalue weighted by Gasteiger charge is -2.04. The number of aryl methyl sites for hydroxylation is 1. The Balaban J connectivity index is 2.54. The van der Waals surface area contributed by atoms with E-state index in [9.17, 15) is 4.79 Å². The van der Waals surface area contributed by atoms with Crippen LogP contribution in [0, 0.1) is 18.3 Å². The van der Waals surface area contributed by atoms with Crippen molar-refractivity contribution in [1.82, 2.24) is 4.98 Å². The zero-order valence-corrected chi connectivity index (χ0v) is 9.71. The molecule has 0 fully saturated rings. The highest BCUT2D eigenvalue weighted by atomic mass is 16.4. The smallest absolute Gasteiger partial charge is 0.337 e. The van der Waals surface area contributed by atoms with Crippen LogP contribution >= 0.6 is 0 Å². The molecule has 4 nitrogen and oxygen atoms in total. The van der Waals surface area contributed by atoms with Gasteiger partial charge in [-0.2, -0.15) is 5.26 Å². The van der Waals surface area contributed by atoms with Crippen molar-refractivity contribution in [3.05, 3.63) is 53.2 Å². The lowest BCUT2D eigenvalue weighted by molar-refractivity contribution is 0.0696. The third-order valence-corrected chi connectivity index (χ3v) is 2.60. The molecule has 2 rings (SSSR count). The summed E-state index contributed by atoms with van der Waals surface area (Å²) < 4.78 is 0. The normalized spacial score (nSPS) is 9.78. The summed E-state index contributed by atoms with van der Waals surface area (Å²) in [5.74, 6) is -1.12. The quantitative estimate of drug-likeness (QED) is 0.872. The molecule has 0 unspecified atom stereocenters. The van der Waals surface area contributed by atoms with E-state index in [0.29, 0.717) is 5.69 Å². The number of carbonyl (C=O) groups is 1. The average molecular weight is 238 g/mol. The molecule has 1 aromatic carbocycles. The largest absolute Gasteiger partial charge is 0.478 e. The summed E-state index contributed by atoms with van der Waals surface area (Å²) in [4.78, 5) is 15.1. The number of carboxylic acids is 1. The minimum Gasteiger partial charge on any atom is -0.478 e. The van der Waals surface area contributed by atoms with Gasteiger partial charge in [0.25, 0.3) is 0 Å². The number of hydrogen-bond donors (Lipinski definition) is 1. The third-order valence-electron chi connectivity index (χ3n) is 2.60. The molecule has 1 aromatic heterocycles. The predicted octanol–water partition coefficient (Wildman–Crippen LogP) is 2.63. The van der Waals surface area contributed by atoms with E-state index in [1.807, 2.05) is 37.3 Å². The first-order chi connectivity index (χ1) is 8.61. The molecule has 0 radical (unpaired) electrons. The fraction of sp³-hybridized carbons (Fsp3) is 0.0714. The van der Waals surface area contributed by atoms with Gasteiger partial charge in [-0.3, -0.25) is 4.98 Å². The van der Waals surface area contributed by atoms with E-state index in [0.717, 1.165) is 11.1 Å². The summed E-state index contributed by atoms with van der Waals surface area (Å²) in [6.45, 7) is 1.97. The summed E-state index contributed by atoms with van der Waals surface area (Å²) in [6, 6.07) is 10.8. The number of carboxylic acid groups (broad SMARTS) is 1. The zero-order chi connectivity index (χ0) is 13.1. The van der Waals surface area contributed by atoms with Gasteiger partial charge >= 0.3 is 5.97 Å². The first-order valence-electron chi connectivity index (χ1n) is 5.32. The van der Waals surface area contributed by atoms with Crippen LogP contribution < -0.4 is 0 Å². The van der Waals surface area contributed by atoms with Crippen LogP contribution in [0.4, 0.5) is 0 Å². The van der Waals surface area contributed by atoms with Gasteiger partial charge in [-0.05, 0) is 13.0 Å². The molecule has 0 amide bonds. The zero-order valence-electron chi connectivity index (χ0n) is 9.71. The highest BCUT2D eigenvalue weighted by Crippen LogP contribution is 2.20. The molecular formula is C14H10N2O2. The van der Waals surface area contributed by atoms with Crippen LogP contribution in [0.1, 0.15) is 21.5 Å². The molecule has 0 bridgehead atoms. The van der Waals surface area contributed by atoms with E-state index in [2.05, 4.69) is 4.98 Å². The molecule has 1 heterocycles. The first-order valence-corrected chi connectivity index (χ1v) is 5.32. The minimum atomic E-state index is -1.12. The number of benzene rings is 1. The molecule has 0 spiro atoms. The highest BCUT2D eigenvalue weighted by Gasteiger charge is 2.12. The van der Waals surface area contributed by atoms with Crippen LogP contribution in [0.2, 0.25) is 0 Å². The fourth-order valence-corrected chi connectivity index (χ4v) is 1.60. The summed E-state index contributed by atoms with van der Waals surface area (Å²) in [5.41, 5.74) is 2.53. The van der Waals surface area contributed by atoms with Crippen LogP contribution in [0.25, 0.3) is 11.3 Å². The molecule has 0 aliphatic carbocycles. The fourth-order valence-electron chi connectivity index (χ4n) is 1.60. The van der Waals surface area contributed by atoms with Crippen LogP contribution in [-0.2, 0) is 0 Å². The van der Waals surface area contributed by atoms with Crippen LogP contribution in [-0.4, -0.2) is 16.1 Å². The van der Waals surface area contributed by atoms with Gasteiger partial charge in [0.05, 0.1) is 16.8 Å². The molecule has 2 aromatic rings. The Morgan fingerprint density at radius 3 is 2.56 bits per heavy atom. The second-order valence-electron chi connectivity index (χ2n) is 3.90. The van der Waals surface area contributed by atoms with Gasteiger partial charge in [0.15, 0.2) is 0 Å². The summed E-state index contributed by atoms with van der Waals surface area (Å²) in [6.07, 6.45) is 1.29. The van der Waals surface area contributed by atoms with Gasteiger partial charge < -0.3 is 5.11 Å². The van der Waals surface area contributed by atoms with E-state index in [1.54, 1.807) is 0 Å². The number of aromatic nitrogens is 1.